The number of hydrogen-bond donors (Lipinski definition) is 0. The second-order valence-corrected chi connectivity index (χ2v) is 2.03. The van der Waals surface area contributed by atoms with Crippen molar-refractivity contribution in [1.82, 2.24) is 0 Å². The Morgan fingerprint density at radius 3 is 1.43 bits per heavy atom. The van der Waals surface area contributed by atoms with Gasteiger partial charge in [0.2, 0.25) is 11.7 Å². The van der Waals surface area contributed by atoms with Crippen LogP contribution in [0.3, 0.4) is 0 Å². The first-order valence-electron chi connectivity index (χ1n) is 2.80. The highest BCUT2D eigenvalue weighted by molar-refractivity contribution is 5.13. The minimum absolute atomic E-state index is 3.42. The molecule has 0 aromatic carbocycles. The Morgan fingerprint density at radius 1 is 0.857 bits per heavy atom. The summed E-state index contributed by atoms with van der Waals surface area (Å²) < 4.78 is 103. The molecular formula is C5HF9. The topological polar surface area (TPSA) is 0 Å². The third-order valence-electron chi connectivity index (χ3n) is 1.03. The fourth-order valence-corrected chi connectivity index (χ4v) is 0.370. The van der Waals surface area contributed by atoms with Gasteiger partial charge in [-0.3, -0.25) is 0 Å². The first-order chi connectivity index (χ1) is 6.01. The number of halogens is 9. The van der Waals surface area contributed by atoms with E-state index in [9.17, 15) is 39.5 Å². The summed E-state index contributed by atoms with van der Waals surface area (Å²) in [5.74, 6) is -13.5. The smallest absolute Gasteiger partial charge is 0.202 e. The molecule has 0 bridgehead atoms. The SMILES string of the molecule is F/C(=C(/F)C(F)(F)C(F)(F)F)C(F)F. The maximum absolute atomic E-state index is 11.9. The van der Waals surface area contributed by atoms with E-state index in [2.05, 4.69) is 0 Å². The Hall–Kier alpha value is -0.890. The predicted octanol–water partition coefficient (Wildman–Crippen LogP) is 3.60. The minimum Gasteiger partial charge on any atom is -0.202 e. The summed E-state index contributed by atoms with van der Waals surface area (Å²) in [6.45, 7) is 0. The molecule has 0 spiro atoms. The van der Waals surface area contributed by atoms with E-state index >= 15 is 0 Å². The van der Waals surface area contributed by atoms with E-state index in [0.29, 0.717) is 0 Å². The summed E-state index contributed by atoms with van der Waals surface area (Å²) in [6, 6.07) is 0. The van der Waals surface area contributed by atoms with Crippen LogP contribution in [0.1, 0.15) is 0 Å². The molecule has 0 unspecified atom stereocenters. The fourth-order valence-electron chi connectivity index (χ4n) is 0.370. The number of alkyl halides is 7. The summed E-state index contributed by atoms with van der Waals surface area (Å²) in [5, 5.41) is 0. The van der Waals surface area contributed by atoms with Crippen molar-refractivity contribution in [3.05, 3.63) is 11.7 Å². The molecule has 0 aromatic rings. The molecule has 0 amide bonds. The normalized spacial score (nSPS) is 15.9. The van der Waals surface area contributed by atoms with Gasteiger partial charge >= 0.3 is 12.1 Å². The van der Waals surface area contributed by atoms with Crippen LogP contribution in [-0.2, 0) is 0 Å². The van der Waals surface area contributed by atoms with Crippen LogP contribution in [0, 0.1) is 0 Å². The van der Waals surface area contributed by atoms with Crippen molar-refractivity contribution in [3.63, 3.8) is 0 Å². The molecule has 0 aromatic heterocycles. The summed E-state index contributed by atoms with van der Waals surface area (Å²) in [7, 11) is 0. The highest BCUT2D eigenvalue weighted by Crippen LogP contribution is 2.43. The van der Waals surface area contributed by atoms with Crippen molar-refractivity contribution in [1.29, 1.82) is 0 Å². The van der Waals surface area contributed by atoms with Gasteiger partial charge in [-0.2, -0.15) is 22.0 Å². The Balaban J connectivity index is 5.22. The van der Waals surface area contributed by atoms with Crippen LogP contribution in [0.5, 0.6) is 0 Å². The van der Waals surface area contributed by atoms with Gasteiger partial charge in [-0.15, -0.1) is 0 Å². The molecule has 0 heterocycles. The van der Waals surface area contributed by atoms with Crippen molar-refractivity contribution in [2.75, 3.05) is 0 Å². The van der Waals surface area contributed by atoms with Crippen molar-refractivity contribution in [2.24, 2.45) is 0 Å². The molecule has 14 heavy (non-hydrogen) atoms. The molecule has 0 fully saturated rings. The molecule has 0 rings (SSSR count). The van der Waals surface area contributed by atoms with Crippen molar-refractivity contribution >= 4 is 0 Å². The molecule has 0 aliphatic rings. The third-order valence-corrected chi connectivity index (χ3v) is 1.03. The van der Waals surface area contributed by atoms with Gasteiger partial charge < -0.3 is 0 Å². The van der Waals surface area contributed by atoms with Gasteiger partial charge in [-0.1, -0.05) is 0 Å². The summed E-state index contributed by atoms with van der Waals surface area (Å²) in [4.78, 5) is 0. The highest BCUT2D eigenvalue weighted by atomic mass is 19.4. The molecule has 0 saturated carbocycles. The quantitative estimate of drug-likeness (QED) is 0.638. The molecule has 0 saturated heterocycles. The van der Waals surface area contributed by atoms with Gasteiger partial charge in [0.05, 0.1) is 0 Å². The van der Waals surface area contributed by atoms with Crippen LogP contribution < -0.4 is 0 Å². The molecule has 0 nitrogen and oxygen atoms in total. The minimum atomic E-state index is -6.46. The zero-order valence-corrected chi connectivity index (χ0v) is 5.98. The lowest BCUT2D eigenvalue weighted by molar-refractivity contribution is -0.271. The molecule has 84 valence electrons. The van der Waals surface area contributed by atoms with Gasteiger partial charge in [-0.05, 0) is 0 Å². The Morgan fingerprint density at radius 2 is 1.21 bits per heavy atom. The Labute approximate surface area is 71.0 Å². The Bertz CT molecular complexity index is 234. The van der Waals surface area contributed by atoms with E-state index in [-0.39, 0.29) is 0 Å². The van der Waals surface area contributed by atoms with Crippen LogP contribution in [0.25, 0.3) is 0 Å². The molecule has 0 aliphatic carbocycles. The third kappa shape index (κ3) is 2.32. The first-order valence-corrected chi connectivity index (χ1v) is 2.80. The monoisotopic (exact) mass is 232 g/mol. The molecular weight excluding hydrogens is 231 g/mol. The zero-order valence-electron chi connectivity index (χ0n) is 5.98. The lowest BCUT2D eigenvalue weighted by atomic mass is 10.2. The van der Waals surface area contributed by atoms with E-state index in [1.807, 2.05) is 0 Å². The second kappa shape index (κ2) is 3.70. The van der Waals surface area contributed by atoms with Gasteiger partial charge in [0, 0.05) is 0 Å². The average Bonchev–Trinajstić information content (AvgIpc) is 1.99. The average molecular weight is 232 g/mol. The fraction of sp³-hybridized carbons (Fsp3) is 0.600. The van der Waals surface area contributed by atoms with Crippen LogP contribution >= 0.6 is 0 Å². The molecule has 0 radical (unpaired) electrons. The lowest BCUT2D eigenvalue weighted by Crippen LogP contribution is -2.37. The van der Waals surface area contributed by atoms with E-state index in [1.54, 1.807) is 0 Å². The number of allylic oxidation sites excluding steroid dienone is 2. The first kappa shape index (κ1) is 13.1. The van der Waals surface area contributed by atoms with Crippen LogP contribution in [0.15, 0.2) is 11.7 Å². The lowest BCUT2D eigenvalue weighted by Gasteiger charge is -2.17. The van der Waals surface area contributed by atoms with Gasteiger partial charge in [0.15, 0.2) is 0 Å². The van der Waals surface area contributed by atoms with Gasteiger partial charge in [0.1, 0.15) is 0 Å². The zero-order chi connectivity index (χ0) is 11.7. The van der Waals surface area contributed by atoms with E-state index in [4.69, 9.17) is 0 Å². The van der Waals surface area contributed by atoms with Crippen LogP contribution in [0.4, 0.5) is 39.5 Å². The molecule has 0 aliphatic heterocycles. The largest absolute Gasteiger partial charge is 0.460 e. The van der Waals surface area contributed by atoms with E-state index < -0.39 is 30.2 Å². The van der Waals surface area contributed by atoms with Crippen molar-refractivity contribution < 1.29 is 39.5 Å². The van der Waals surface area contributed by atoms with Crippen LogP contribution in [-0.4, -0.2) is 18.5 Å². The maximum atomic E-state index is 11.9. The van der Waals surface area contributed by atoms with E-state index in [1.165, 1.54) is 0 Å². The number of hydrogen-bond acceptors (Lipinski definition) is 0. The summed E-state index contributed by atoms with van der Waals surface area (Å²) >= 11 is 0. The summed E-state index contributed by atoms with van der Waals surface area (Å²) in [6.07, 6.45) is -10.8. The standard InChI is InChI=1S/C5HF9/c6-1(3(8)9)2(7)4(10,11)5(12,13)14/h3H/b2-1+. The van der Waals surface area contributed by atoms with Crippen molar-refractivity contribution in [2.45, 2.75) is 18.5 Å². The number of rotatable bonds is 2. The van der Waals surface area contributed by atoms with Gasteiger partial charge in [0.25, 0.3) is 6.43 Å². The second-order valence-electron chi connectivity index (χ2n) is 2.03. The maximum Gasteiger partial charge on any atom is 0.460 e. The van der Waals surface area contributed by atoms with Gasteiger partial charge in [-0.25, -0.2) is 17.6 Å². The predicted molar refractivity (Wildman–Crippen MR) is 26.2 cm³/mol. The molecule has 9 heteroatoms. The van der Waals surface area contributed by atoms with E-state index in [0.717, 1.165) is 0 Å². The highest BCUT2D eigenvalue weighted by Gasteiger charge is 2.62. The molecule has 0 N–H and O–H groups in total. The summed E-state index contributed by atoms with van der Waals surface area (Å²) in [5.41, 5.74) is 0. The Kier molecular flexibility index (Phi) is 3.46. The van der Waals surface area contributed by atoms with Crippen LogP contribution in [0.2, 0.25) is 0 Å². The molecule has 0 atom stereocenters. The van der Waals surface area contributed by atoms with Crippen molar-refractivity contribution in [3.8, 4) is 0 Å².